The van der Waals surface area contributed by atoms with E-state index in [1.807, 2.05) is 0 Å². The highest BCUT2D eigenvalue weighted by Crippen LogP contribution is 2.25. The van der Waals surface area contributed by atoms with Crippen LogP contribution < -0.4 is 10.9 Å². The molecule has 2 heterocycles. The molecule has 0 saturated carbocycles. The summed E-state index contributed by atoms with van der Waals surface area (Å²) in [7, 11) is 0. The summed E-state index contributed by atoms with van der Waals surface area (Å²) in [6.07, 6.45) is 1.28. The molecule has 1 amide bonds. The van der Waals surface area contributed by atoms with Crippen LogP contribution in [0.25, 0.3) is 16.9 Å². The van der Waals surface area contributed by atoms with E-state index in [9.17, 15) is 14.0 Å². The number of para-hydroxylation sites is 2. The molecule has 8 nitrogen and oxygen atoms in total. The highest BCUT2D eigenvalue weighted by Gasteiger charge is 2.22. The quantitative estimate of drug-likeness (QED) is 0.387. The molecule has 0 bridgehead atoms. The topological polar surface area (TPSA) is 106 Å². The zero-order chi connectivity index (χ0) is 20.4. The fourth-order valence-corrected chi connectivity index (χ4v) is 3.60. The number of benzene rings is 2. The number of carbonyl (C=O) groups excluding carboxylic acids is 1. The second-order valence-corrected chi connectivity index (χ2v) is 7.40. The summed E-state index contributed by atoms with van der Waals surface area (Å²) < 4.78 is 15.1. The average Bonchev–Trinajstić information content (AvgIpc) is 3.24. The summed E-state index contributed by atoms with van der Waals surface area (Å²) in [4.78, 5) is 34.1. The van der Waals surface area contributed by atoms with Crippen molar-refractivity contribution in [2.75, 3.05) is 5.32 Å². The van der Waals surface area contributed by atoms with Crippen LogP contribution in [0.4, 0.5) is 10.1 Å². The van der Waals surface area contributed by atoms with Crippen LogP contribution in [0.15, 0.2) is 64.8 Å². The predicted molar refractivity (Wildman–Crippen MR) is 108 cm³/mol. The van der Waals surface area contributed by atoms with Gasteiger partial charge < -0.3 is 5.32 Å². The van der Waals surface area contributed by atoms with Crippen LogP contribution in [-0.4, -0.2) is 35.9 Å². The van der Waals surface area contributed by atoms with Crippen LogP contribution in [0.1, 0.15) is 6.92 Å². The second-order valence-electron chi connectivity index (χ2n) is 6.09. The zero-order valence-electron chi connectivity index (χ0n) is 15.2. The van der Waals surface area contributed by atoms with Gasteiger partial charge in [-0.1, -0.05) is 36.0 Å². The third-order valence-corrected chi connectivity index (χ3v) is 5.19. The Morgan fingerprint density at radius 2 is 1.97 bits per heavy atom. The average molecular weight is 410 g/mol. The first kappa shape index (κ1) is 18.8. The molecule has 29 heavy (non-hydrogen) atoms. The van der Waals surface area contributed by atoms with Crippen LogP contribution in [0.2, 0.25) is 0 Å². The third-order valence-electron chi connectivity index (χ3n) is 4.14. The molecule has 0 aliphatic heterocycles. The number of thioether (sulfide) groups is 1. The van der Waals surface area contributed by atoms with Gasteiger partial charge in [0.15, 0.2) is 5.16 Å². The molecule has 146 valence electrons. The Balaban J connectivity index is 1.70. The Kier molecular flexibility index (Phi) is 5.09. The number of halogens is 1. The number of nitrogens with zero attached hydrogens (tertiary/aromatic N) is 4. The molecule has 0 aliphatic carbocycles. The first-order valence-electron chi connectivity index (χ1n) is 8.64. The molecule has 0 aliphatic rings. The second kappa shape index (κ2) is 7.84. The van der Waals surface area contributed by atoms with Crippen molar-refractivity contribution in [3.63, 3.8) is 0 Å². The van der Waals surface area contributed by atoms with Gasteiger partial charge in [0.25, 0.3) is 5.56 Å². The minimum atomic E-state index is -0.670. The normalized spacial score (nSPS) is 12.1. The maximum absolute atomic E-state index is 13.8. The number of aromatic amines is 1. The third kappa shape index (κ3) is 3.74. The summed E-state index contributed by atoms with van der Waals surface area (Å²) in [5, 5.41) is 8.99. The number of H-pyrrole nitrogens is 1. The molecular weight excluding hydrogens is 395 g/mol. The lowest BCUT2D eigenvalue weighted by molar-refractivity contribution is -0.115. The highest BCUT2D eigenvalue weighted by molar-refractivity contribution is 8.00. The molecule has 0 fully saturated rings. The maximum atomic E-state index is 13.8. The Bertz CT molecular complexity index is 1240. The summed E-state index contributed by atoms with van der Waals surface area (Å²) >= 11 is 1.06. The van der Waals surface area contributed by atoms with Gasteiger partial charge in [-0.15, -0.1) is 0 Å². The molecule has 2 aromatic heterocycles. The lowest BCUT2D eigenvalue weighted by Crippen LogP contribution is -2.27. The van der Waals surface area contributed by atoms with Crippen molar-refractivity contribution >= 4 is 34.3 Å². The number of hydrogen-bond acceptors (Lipinski definition) is 6. The fraction of sp³-hybridized carbons (Fsp3) is 0.105. The van der Waals surface area contributed by atoms with Crippen LogP contribution in [0, 0.1) is 5.82 Å². The Morgan fingerprint density at radius 1 is 1.21 bits per heavy atom. The molecule has 10 heteroatoms. The van der Waals surface area contributed by atoms with Crippen molar-refractivity contribution in [3.8, 4) is 5.95 Å². The largest absolute Gasteiger partial charge is 0.323 e. The lowest BCUT2D eigenvalue weighted by atomic mass is 10.2. The van der Waals surface area contributed by atoms with Gasteiger partial charge in [0.05, 0.1) is 21.8 Å². The molecule has 4 aromatic rings. The van der Waals surface area contributed by atoms with Crippen LogP contribution in [0.3, 0.4) is 0 Å². The minimum Gasteiger partial charge on any atom is -0.323 e. The van der Waals surface area contributed by atoms with E-state index in [1.165, 1.54) is 29.1 Å². The van der Waals surface area contributed by atoms with Crippen molar-refractivity contribution in [1.29, 1.82) is 0 Å². The van der Waals surface area contributed by atoms with Crippen molar-refractivity contribution in [2.45, 2.75) is 17.3 Å². The van der Waals surface area contributed by atoms with Crippen LogP contribution in [-0.2, 0) is 4.79 Å². The van der Waals surface area contributed by atoms with Gasteiger partial charge in [-0.3, -0.25) is 9.59 Å². The van der Waals surface area contributed by atoms with E-state index in [2.05, 4.69) is 25.5 Å². The highest BCUT2D eigenvalue weighted by atomic mass is 32.2. The molecular formula is C19H15FN6O2S. The zero-order valence-corrected chi connectivity index (χ0v) is 16.0. The van der Waals surface area contributed by atoms with E-state index in [0.717, 1.165) is 11.8 Å². The molecule has 0 saturated heterocycles. The first-order valence-corrected chi connectivity index (χ1v) is 9.52. The predicted octanol–water partition coefficient (Wildman–Crippen LogP) is 2.76. The number of aromatic nitrogens is 5. The fourth-order valence-electron chi connectivity index (χ4n) is 2.69. The summed E-state index contributed by atoms with van der Waals surface area (Å²) in [5.41, 5.74) is 0.248. The van der Waals surface area contributed by atoms with Gasteiger partial charge in [-0.2, -0.15) is 10.1 Å². The number of amides is 1. The smallest absolute Gasteiger partial charge is 0.269 e. The van der Waals surface area contributed by atoms with Gasteiger partial charge in [-0.25, -0.2) is 19.0 Å². The van der Waals surface area contributed by atoms with E-state index in [0.29, 0.717) is 10.9 Å². The van der Waals surface area contributed by atoms with Crippen molar-refractivity contribution < 1.29 is 9.18 Å². The standard InChI is InChI=1S/C19H15FN6O2S/c1-11(16(27)23-15-9-5-3-7-13(15)20)29-19-24-14-8-4-2-6-12(14)17(28)26(19)18-21-10-22-25-18/h2-11H,1H3,(H,23,27)(H,21,22,25)/t11-/m0/s1. The van der Waals surface area contributed by atoms with Crippen LogP contribution in [0.5, 0.6) is 0 Å². The van der Waals surface area contributed by atoms with Crippen molar-refractivity contribution in [2.24, 2.45) is 0 Å². The first-order chi connectivity index (χ1) is 14.0. The van der Waals surface area contributed by atoms with Crippen molar-refractivity contribution in [3.05, 3.63) is 71.0 Å². The van der Waals surface area contributed by atoms with E-state index in [4.69, 9.17) is 0 Å². The number of anilines is 1. The summed E-state index contributed by atoms with van der Waals surface area (Å²) in [6, 6.07) is 12.8. The van der Waals surface area contributed by atoms with Crippen LogP contribution >= 0.6 is 11.8 Å². The Morgan fingerprint density at radius 3 is 2.72 bits per heavy atom. The molecule has 4 rings (SSSR count). The van der Waals surface area contributed by atoms with Gasteiger partial charge in [0.2, 0.25) is 11.9 Å². The molecule has 0 unspecified atom stereocenters. The number of nitrogens with one attached hydrogen (secondary N) is 2. The molecule has 0 spiro atoms. The maximum Gasteiger partial charge on any atom is 0.269 e. The number of carbonyl (C=O) groups is 1. The Hall–Kier alpha value is -3.53. The number of hydrogen-bond donors (Lipinski definition) is 2. The Labute approximate surface area is 168 Å². The molecule has 0 radical (unpaired) electrons. The summed E-state index contributed by atoms with van der Waals surface area (Å²) in [6.45, 7) is 1.65. The van der Waals surface area contributed by atoms with Gasteiger partial charge in [0, 0.05) is 0 Å². The van der Waals surface area contributed by atoms with E-state index in [1.54, 1.807) is 37.3 Å². The molecule has 2 N–H and O–H groups in total. The number of fused-ring (bicyclic) bond motifs is 1. The van der Waals surface area contributed by atoms with Gasteiger partial charge >= 0.3 is 0 Å². The van der Waals surface area contributed by atoms with Gasteiger partial charge in [0.1, 0.15) is 12.1 Å². The SMILES string of the molecule is C[C@H](Sc1nc2ccccc2c(=O)n1-c1ncn[nH]1)C(=O)Nc1ccccc1F. The van der Waals surface area contributed by atoms with Gasteiger partial charge in [-0.05, 0) is 31.2 Å². The van der Waals surface area contributed by atoms with E-state index in [-0.39, 0.29) is 22.4 Å². The van der Waals surface area contributed by atoms with E-state index >= 15 is 0 Å². The van der Waals surface area contributed by atoms with E-state index < -0.39 is 17.0 Å². The monoisotopic (exact) mass is 410 g/mol. The minimum absolute atomic E-state index is 0.0871. The molecule has 1 atom stereocenters. The molecule has 2 aromatic carbocycles. The number of rotatable bonds is 5. The lowest BCUT2D eigenvalue weighted by Gasteiger charge is -2.15. The van der Waals surface area contributed by atoms with Crippen molar-refractivity contribution in [1.82, 2.24) is 24.7 Å². The summed E-state index contributed by atoms with van der Waals surface area (Å²) in [5.74, 6) is -0.760.